The highest BCUT2D eigenvalue weighted by Crippen LogP contribution is 2.66. The maximum atomic E-state index is 11.5. The predicted molar refractivity (Wildman–Crippen MR) is 140 cm³/mol. The fourth-order valence-corrected chi connectivity index (χ4v) is 9.12. The lowest BCUT2D eigenvalue weighted by atomic mass is 9.45. The quantitative estimate of drug-likeness (QED) is 0.263. The van der Waals surface area contributed by atoms with Crippen LogP contribution in [0, 0.1) is 46.3 Å². The molecular formula is C31H50O4. The third-order valence-electron chi connectivity index (χ3n) is 11.0. The largest absolute Gasteiger partial charge is 0.466 e. The number of hydrogen-bond donors (Lipinski definition) is 0. The molecule has 4 rings (SSSR count). The molecule has 0 aromatic heterocycles. The van der Waals surface area contributed by atoms with E-state index in [9.17, 15) is 9.59 Å². The molecule has 0 aliphatic heterocycles. The van der Waals surface area contributed by atoms with Crippen molar-refractivity contribution in [2.24, 2.45) is 46.3 Å². The van der Waals surface area contributed by atoms with Crippen molar-refractivity contribution >= 4 is 11.9 Å². The van der Waals surface area contributed by atoms with E-state index in [0.29, 0.717) is 29.3 Å². The van der Waals surface area contributed by atoms with Crippen LogP contribution in [0.5, 0.6) is 0 Å². The SMILES string of the molecule is CC(=O)OC[C@H](C)CCC[C@@H](C)[C@H]1CC=C2[C@@H]3CC[C@H]4C[C@H](OC(C)=O)CC[C@]4(C)[C@H]3CC[C@@]21C. The number of allylic oxidation sites excluding steroid dienone is 2. The Morgan fingerprint density at radius 1 is 1.03 bits per heavy atom. The van der Waals surface area contributed by atoms with E-state index >= 15 is 0 Å². The Morgan fingerprint density at radius 2 is 1.80 bits per heavy atom. The van der Waals surface area contributed by atoms with E-state index in [0.717, 1.165) is 42.9 Å². The van der Waals surface area contributed by atoms with Gasteiger partial charge in [-0.1, -0.05) is 52.2 Å². The molecule has 0 spiro atoms. The summed E-state index contributed by atoms with van der Waals surface area (Å²) in [5, 5.41) is 0. The predicted octanol–water partition coefficient (Wildman–Crippen LogP) is 7.50. The Bertz CT molecular complexity index is 817. The van der Waals surface area contributed by atoms with Crippen molar-refractivity contribution in [2.75, 3.05) is 6.61 Å². The van der Waals surface area contributed by atoms with E-state index in [1.807, 2.05) is 5.57 Å². The van der Waals surface area contributed by atoms with Gasteiger partial charge in [-0.2, -0.15) is 0 Å². The van der Waals surface area contributed by atoms with Crippen molar-refractivity contribution in [3.63, 3.8) is 0 Å². The van der Waals surface area contributed by atoms with Gasteiger partial charge in [0.15, 0.2) is 0 Å². The molecule has 0 amide bonds. The Kier molecular flexibility index (Phi) is 8.08. The number of fused-ring (bicyclic) bond motifs is 5. The van der Waals surface area contributed by atoms with E-state index < -0.39 is 0 Å². The Hall–Kier alpha value is -1.32. The average Bonchev–Trinajstić information content (AvgIpc) is 3.15. The minimum Gasteiger partial charge on any atom is -0.466 e. The summed E-state index contributed by atoms with van der Waals surface area (Å²) in [6.45, 7) is 13.5. The lowest BCUT2D eigenvalue weighted by molar-refractivity contribution is -0.155. The highest BCUT2D eigenvalue weighted by Gasteiger charge is 2.58. The summed E-state index contributed by atoms with van der Waals surface area (Å²) in [6.07, 6.45) is 16.4. The summed E-state index contributed by atoms with van der Waals surface area (Å²) in [6, 6.07) is 0. The fraction of sp³-hybridized carbons (Fsp3) is 0.871. The molecule has 0 bridgehead atoms. The van der Waals surface area contributed by atoms with Gasteiger partial charge in [-0.05, 0) is 104 Å². The first kappa shape index (κ1) is 26.7. The molecule has 0 heterocycles. The van der Waals surface area contributed by atoms with Gasteiger partial charge in [0, 0.05) is 13.8 Å². The van der Waals surface area contributed by atoms with Gasteiger partial charge in [-0.3, -0.25) is 9.59 Å². The van der Waals surface area contributed by atoms with Gasteiger partial charge >= 0.3 is 11.9 Å². The van der Waals surface area contributed by atoms with Crippen molar-refractivity contribution in [1.29, 1.82) is 0 Å². The maximum Gasteiger partial charge on any atom is 0.302 e. The van der Waals surface area contributed by atoms with E-state index in [1.165, 1.54) is 58.3 Å². The van der Waals surface area contributed by atoms with Gasteiger partial charge in [-0.15, -0.1) is 0 Å². The number of carbonyl (C=O) groups excluding carboxylic acids is 2. The molecule has 4 aliphatic rings. The zero-order chi connectivity index (χ0) is 25.4. The van der Waals surface area contributed by atoms with Crippen LogP contribution in [0.4, 0.5) is 0 Å². The lowest BCUT2D eigenvalue weighted by Gasteiger charge is -2.60. The van der Waals surface area contributed by atoms with Gasteiger partial charge in [0.2, 0.25) is 0 Å². The first-order valence-corrected chi connectivity index (χ1v) is 14.6. The molecule has 3 saturated carbocycles. The first-order valence-electron chi connectivity index (χ1n) is 14.6. The van der Waals surface area contributed by atoms with Crippen LogP contribution in [0.25, 0.3) is 0 Å². The Morgan fingerprint density at radius 3 is 2.51 bits per heavy atom. The van der Waals surface area contributed by atoms with Crippen LogP contribution < -0.4 is 0 Å². The second-order valence-corrected chi connectivity index (χ2v) is 13.3. The van der Waals surface area contributed by atoms with Crippen molar-refractivity contribution in [3.8, 4) is 0 Å². The zero-order valence-corrected chi connectivity index (χ0v) is 23.2. The van der Waals surface area contributed by atoms with Crippen molar-refractivity contribution in [1.82, 2.24) is 0 Å². The van der Waals surface area contributed by atoms with E-state index in [2.05, 4.69) is 33.8 Å². The summed E-state index contributed by atoms with van der Waals surface area (Å²) in [7, 11) is 0. The van der Waals surface area contributed by atoms with Crippen LogP contribution in [0.2, 0.25) is 0 Å². The molecule has 0 unspecified atom stereocenters. The Balaban J connectivity index is 1.35. The molecular weight excluding hydrogens is 436 g/mol. The minimum atomic E-state index is -0.168. The molecule has 0 N–H and O–H groups in total. The third-order valence-corrected chi connectivity index (χ3v) is 11.0. The van der Waals surface area contributed by atoms with Gasteiger partial charge in [-0.25, -0.2) is 0 Å². The van der Waals surface area contributed by atoms with Gasteiger partial charge in [0.1, 0.15) is 6.10 Å². The number of esters is 2. The van der Waals surface area contributed by atoms with Crippen LogP contribution in [0.1, 0.15) is 112 Å². The van der Waals surface area contributed by atoms with E-state index in [4.69, 9.17) is 9.47 Å². The first-order chi connectivity index (χ1) is 16.5. The van der Waals surface area contributed by atoms with Crippen LogP contribution in [0.15, 0.2) is 11.6 Å². The molecule has 35 heavy (non-hydrogen) atoms. The van der Waals surface area contributed by atoms with E-state index in [-0.39, 0.29) is 18.0 Å². The molecule has 0 radical (unpaired) electrons. The number of carbonyl (C=O) groups is 2. The molecule has 4 aliphatic carbocycles. The Labute approximate surface area is 214 Å². The van der Waals surface area contributed by atoms with Crippen LogP contribution in [0.3, 0.4) is 0 Å². The topological polar surface area (TPSA) is 52.6 Å². The second-order valence-electron chi connectivity index (χ2n) is 13.3. The zero-order valence-electron chi connectivity index (χ0n) is 23.2. The summed E-state index contributed by atoms with van der Waals surface area (Å²) in [4.78, 5) is 22.6. The highest BCUT2D eigenvalue weighted by molar-refractivity contribution is 5.66. The standard InChI is InChI=1S/C31H50O4/c1-20(19-34-22(3)32)8-7-9-21(2)27-12-13-28-26-11-10-24-18-25(35-23(4)33)14-16-30(24,5)29(26)15-17-31(27,28)6/h13,20-21,24-27,29H,7-12,14-19H2,1-6H3/t20-,21-,24+,25-,26+,27-,29+,30+,31-/m1/s1. The third kappa shape index (κ3) is 5.37. The van der Waals surface area contributed by atoms with Gasteiger partial charge < -0.3 is 9.47 Å². The molecule has 0 aromatic rings. The number of rotatable bonds is 8. The second kappa shape index (κ2) is 10.6. The van der Waals surface area contributed by atoms with Gasteiger partial charge in [0.05, 0.1) is 6.61 Å². The van der Waals surface area contributed by atoms with Gasteiger partial charge in [0.25, 0.3) is 0 Å². The highest BCUT2D eigenvalue weighted by atomic mass is 16.5. The molecule has 9 atom stereocenters. The average molecular weight is 487 g/mol. The molecule has 4 heteroatoms. The summed E-state index contributed by atoms with van der Waals surface area (Å²) >= 11 is 0. The van der Waals surface area contributed by atoms with Crippen LogP contribution in [-0.4, -0.2) is 24.6 Å². The molecule has 4 nitrogen and oxygen atoms in total. The normalized spacial score (nSPS) is 39.9. The molecule has 0 saturated heterocycles. The number of hydrogen-bond acceptors (Lipinski definition) is 4. The smallest absolute Gasteiger partial charge is 0.302 e. The van der Waals surface area contributed by atoms with Crippen molar-refractivity contribution < 1.29 is 19.1 Å². The number of ether oxygens (including phenoxy) is 2. The monoisotopic (exact) mass is 486 g/mol. The molecule has 0 aromatic carbocycles. The molecule has 3 fully saturated rings. The summed E-state index contributed by atoms with van der Waals surface area (Å²) in [5.74, 6) is 3.94. The van der Waals surface area contributed by atoms with Crippen molar-refractivity contribution in [3.05, 3.63) is 11.6 Å². The fourth-order valence-electron chi connectivity index (χ4n) is 9.12. The summed E-state index contributed by atoms with van der Waals surface area (Å²) in [5.41, 5.74) is 2.60. The lowest BCUT2D eigenvalue weighted by Crippen LogP contribution is -2.52. The molecule has 198 valence electrons. The van der Waals surface area contributed by atoms with Crippen LogP contribution >= 0.6 is 0 Å². The van der Waals surface area contributed by atoms with E-state index in [1.54, 1.807) is 6.92 Å². The maximum absolute atomic E-state index is 11.5. The summed E-state index contributed by atoms with van der Waals surface area (Å²) < 4.78 is 10.8. The minimum absolute atomic E-state index is 0.115. The van der Waals surface area contributed by atoms with Crippen molar-refractivity contribution in [2.45, 2.75) is 118 Å². The van der Waals surface area contributed by atoms with Crippen LogP contribution in [-0.2, 0) is 19.1 Å².